The lowest BCUT2D eigenvalue weighted by Gasteiger charge is -2.39. The van der Waals surface area contributed by atoms with Crippen LogP contribution in [0.3, 0.4) is 0 Å². The number of ether oxygens (including phenoxy) is 1. The predicted octanol–water partition coefficient (Wildman–Crippen LogP) is 3.14. The van der Waals surface area contributed by atoms with Crippen molar-refractivity contribution >= 4 is 29.2 Å². The number of guanidine groups is 1. The summed E-state index contributed by atoms with van der Waals surface area (Å²) >= 11 is 0. The van der Waals surface area contributed by atoms with Crippen LogP contribution >= 0.6 is 0 Å². The number of alkyl halides is 3. The zero-order chi connectivity index (χ0) is 26.7. The number of nitro benzene ring substituents is 1. The summed E-state index contributed by atoms with van der Waals surface area (Å²) in [5.41, 5.74) is -0.00672. The number of hydrogen-bond donors (Lipinski definition) is 1. The van der Waals surface area contributed by atoms with Crippen molar-refractivity contribution in [3.05, 3.63) is 69.8 Å². The third-order valence-corrected chi connectivity index (χ3v) is 6.20. The molecule has 0 unspecified atom stereocenters. The van der Waals surface area contributed by atoms with Gasteiger partial charge in [-0.05, 0) is 30.7 Å². The fourth-order valence-corrected chi connectivity index (χ4v) is 4.31. The van der Waals surface area contributed by atoms with Crippen LogP contribution in [0.1, 0.15) is 24.1 Å². The van der Waals surface area contributed by atoms with Crippen LogP contribution in [0.2, 0.25) is 0 Å². The van der Waals surface area contributed by atoms with Gasteiger partial charge in [0.25, 0.3) is 5.69 Å². The number of carbonyl (C=O) groups excluding carboxylic acids is 2. The van der Waals surface area contributed by atoms with E-state index in [4.69, 9.17) is 4.74 Å². The number of non-ortho nitro benzene ring substituents is 1. The van der Waals surface area contributed by atoms with Gasteiger partial charge in [-0.15, -0.1) is 0 Å². The second-order valence-corrected chi connectivity index (χ2v) is 8.49. The molecule has 0 aliphatic carbocycles. The number of anilines is 1. The van der Waals surface area contributed by atoms with E-state index in [1.165, 1.54) is 30.3 Å². The highest BCUT2D eigenvalue weighted by atomic mass is 19.4. The van der Waals surface area contributed by atoms with Crippen LogP contribution in [0, 0.1) is 16.0 Å². The Morgan fingerprint density at radius 2 is 1.78 bits per heavy atom. The van der Waals surface area contributed by atoms with Crippen molar-refractivity contribution in [1.82, 2.24) is 10.2 Å². The van der Waals surface area contributed by atoms with Crippen molar-refractivity contribution < 1.29 is 32.4 Å². The smallest absolute Gasteiger partial charge is 0.416 e. The van der Waals surface area contributed by atoms with E-state index < -0.39 is 40.5 Å². The fraction of sp³-hybridized carbons (Fsp3) is 0.375. The number of rotatable bonds is 5. The van der Waals surface area contributed by atoms with Gasteiger partial charge in [-0.1, -0.05) is 18.2 Å². The number of nitrogens with zero attached hydrogens (tertiary/aromatic N) is 4. The molecule has 0 bridgehead atoms. The number of aliphatic imine (C=N–C) groups is 1. The standard InChI is InChI=1S/C24H24F3N5O5/c1-2-37-22(34)19-20(15-6-8-17(9-7-15)32(35)36)28-23(29-21(19)33)31-12-10-30(11-13-31)18-5-3-4-16(14-18)24(25,26)27/h3-9,14,19-20H,2,10-13H2,1H3,(H,28,29,33)/t19-,20+/m1/s1. The van der Waals surface area contributed by atoms with Crippen LogP contribution in [-0.2, 0) is 20.5 Å². The Balaban J connectivity index is 1.55. The van der Waals surface area contributed by atoms with E-state index in [9.17, 15) is 32.9 Å². The Bertz CT molecular complexity index is 1210. The summed E-state index contributed by atoms with van der Waals surface area (Å²) < 4.78 is 44.4. The molecule has 1 amide bonds. The van der Waals surface area contributed by atoms with Crippen LogP contribution in [-0.4, -0.2) is 60.4 Å². The molecule has 0 aromatic heterocycles. The molecule has 2 aromatic rings. The monoisotopic (exact) mass is 519 g/mol. The van der Waals surface area contributed by atoms with E-state index in [1.807, 2.05) is 4.90 Å². The summed E-state index contributed by atoms with van der Waals surface area (Å²) in [6.45, 7) is 3.12. The number of amides is 1. The van der Waals surface area contributed by atoms with Gasteiger partial charge in [0.05, 0.1) is 17.1 Å². The van der Waals surface area contributed by atoms with Gasteiger partial charge < -0.3 is 14.5 Å². The maximum atomic E-state index is 13.1. The second kappa shape index (κ2) is 10.4. The van der Waals surface area contributed by atoms with Gasteiger partial charge in [0, 0.05) is 44.0 Å². The second-order valence-electron chi connectivity index (χ2n) is 8.49. The number of piperazine rings is 1. The van der Waals surface area contributed by atoms with Crippen molar-refractivity contribution in [2.24, 2.45) is 10.9 Å². The highest BCUT2D eigenvalue weighted by Crippen LogP contribution is 2.33. The average molecular weight is 519 g/mol. The predicted molar refractivity (Wildman–Crippen MR) is 127 cm³/mol. The fourth-order valence-electron chi connectivity index (χ4n) is 4.31. The highest BCUT2D eigenvalue weighted by molar-refractivity contribution is 6.08. The average Bonchev–Trinajstić information content (AvgIpc) is 2.88. The SMILES string of the molecule is CCOC(=O)[C@H]1C(=O)NC(N2CCN(c3cccc(C(F)(F)F)c3)CC2)=N[C@H]1c1ccc([N+](=O)[O-])cc1. The van der Waals surface area contributed by atoms with E-state index in [1.54, 1.807) is 17.9 Å². The van der Waals surface area contributed by atoms with Gasteiger partial charge in [-0.25, -0.2) is 4.99 Å². The quantitative estimate of drug-likeness (QED) is 0.279. The largest absolute Gasteiger partial charge is 0.465 e. The first kappa shape index (κ1) is 25.9. The first-order valence-electron chi connectivity index (χ1n) is 11.5. The number of nitro groups is 1. The molecule has 0 spiro atoms. The van der Waals surface area contributed by atoms with Crippen molar-refractivity contribution in [2.45, 2.75) is 19.1 Å². The Kier molecular flexibility index (Phi) is 7.32. The number of hydrogen-bond acceptors (Lipinski definition) is 8. The molecule has 2 aliphatic heterocycles. The number of benzene rings is 2. The lowest BCUT2D eigenvalue weighted by molar-refractivity contribution is -0.384. The molecule has 13 heteroatoms. The van der Waals surface area contributed by atoms with Gasteiger partial charge in [0.1, 0.15) is 6.04 Å². The summed E-state index contributed by atoms with van der Waals surface area (Å²) in [5.74, 6) is -2.44. The molecule has 2 atom stereocenters. The van der Waals surface area contributed by atoms with Crippen molar-refractivity contribution in [3.63, 3.8) is 0 Å². The molecule has 4 rings (SSSR count). The lowest BCUT2D eigenvalue weighted by Crippen LogP contribution is -2.57. The zero-order valence-electron chi connectivity index (χ0n) is 19.8. The van der Waals surface area contributed by atoms with E-state index in [-0.39, 0.29) is 18.3 Å². The third kappa shape index (κ3) is 5.65. The maximum Gasteiger partial charge on any atom is 0.416 e. The topological polar surface area (TPSA) is 117 Å². The van der Waals surface area contributed by atoms with E-state index in [0.717, 1.165) is 12.1 Å². The molecule has 2 aromatic carbocycles. The van der Waals surface area contributed by atoms with Crippen LogP contribution in [0.4, 0.5) is 24.5 Å². The van der Waals surface area contributed by atoms with Crippen molar-refractivity contribution in [3.8, 4) is 0 Å². The Hall–Kier alpha value is -4.16. The van der Waals surface area contributed by atoms with Crippen LogP contribution in [0.5, 0.6) is 0 Å². The summed E-state index contributed by atoms with van der Waals surface area (Å²) in [5, 5.41) is 13.7. The molecule has 2 aliphatic rings. The summed E-state index contributed by atoms with van der Waals surface area (Å²) in [7, 11) is 0. The molecule has 196 valence electrons. The van der Waals surface area contributed by atoms with Gasteiger partial charge in [-0.3, -0.25) is 25.0 Å². The summed E-state index contributed by atoms with van der Waals surface area (Å²) in [4.78, 5) is 44.2. The van der Waals surface area contributed by atoms with E-state index in [2.05, 4.69) is 10.3 Å². The van der Waals surface area contributed by atoms with Crippen LogP contribution in [0.15, 0.2) is 53.5 Å². The molecule has 1 N–H and O–H groups in total. The van der Waals surface area contributed by atoms with Crippen LogP contribution in [0.25, 0.3) is 0 Å². The van der Waals surface area contributed by atoms with E-state index in [0.29, 0.717) is 37.4 Å². The molecule has 10 nitrogen and oxygen atoms in total. The minimum atomic E-state index is -4.44. The first-order valence-corrected chi connectivity index (χ1v) is 11.5. The number of esters is 1. The summed E-state index contributed by atoms with van der Waals surface area (Å²) in [6, 6.07) is 9.56. The molecule has 1 fully saturated rings. The Labute approximate surface area is 209 Å². The molecular weight excluding hydrogens is 495 g/mol. The molecule has 1 saturated heterocycles. The molecular formula is C24H24F3N5O5. The number of nitrogens with one attached hydrogen (secondary N) is 1. The normalized spacial score (nSPS) is 20.2. The molecule has 0 saturated carbocycles. The van der Waals surface area contributed by atoms with Gasteiger partial charge in [0.15, 0.2) is 5.92 Å². The molecule has 2 heterocycles. The number of halogens is 3. The Morgan fingerprint density at radius 3 is 2.38 bits per heavy atom. The lowest BCUT2D eigenvalue weighted by atomic mass is 9.91. The number of carbonyl (C=O) groups is 2. The minimum absolute atomic E-state index is 0.0592. The van der Waals surface area contributed by atoms with Crippen molar-refractivity contribution in [2.75, 3.05) is 37.7 Å². The highest BCUT2D eigenvalue weighted by Gasteiger charge is 2.42. The maximum absolute atomic E-state index is 13.1. The van der Waals surface area contributed by atoms with Gasteiger partial charge in [-0.2, -0.15) is 13.2 Å². The first-order chi connectivity index (χ1) is 17.6. The van der Waals surface area contributed by atoms with E-state index >= 15 is 0 Å². The van der Waals surface area contributed by atoms with Gasteiger partial charge >= 0.3 is 12.1 Å². The molecule has 0 radical (unpaired) electrons. The van der Waals surface area contributed by atoms with Gasteiger partial charge in [0.2, 0.25) is 11.9 Å². The third-order valence-electron chi connectivity index (χ3n) is 6.20. The van der Waals surface area contributed by atoms with Crippen LogP contribution < -0.4 is 10.2 Å². The minimum Gasteiger partial charge on any atom is -0.465 e. The molecule has 37 heavy (non-hydrogen) atoms. The van der Waals surface area contributed by atoms with Crippen molar-refractivity contribution in [1.29, 1.82) is 0 Å². The zero-order valence-corrected chi connectivity index (χ0v) is 19.8. The Morgan fingerprint density at radius 1 is 1.14 bits per heavy atom. The summed E-state index contributed by atoms with van der Waals surface area (Å²) in [6.07, 6.45) is -4.44.